The highest BCUT2D eigenvalue weighted by Crippen LogP contribution is 2.14. The second kappa shape index (κ2) is 18.0. The zero-order valence-electron chi connectivity index (χ0n) is 15.0. The van der Waals surface area contributed by atoms with Crippen LogP contribution in [-0.4, -0.2) is 11.2 Å². The fourth-order valence-electron chi connectivity index (χ4n) is 2.96. The molecule has 0 fully saturated rings. The molecule has 0 spiro atoms. The predicted octanol–water partition coefficient (Wildman–Crippen LogP) is 7.02. The first kappa shape index (κ1) is 21.0. The van der Waals surface area contributed by atoms with Crippen molar-refractivity contribution in [3.8, 4) is 0 Å². The lowest BCUT2D eigenvalue weighted by atomic mass is 10.0. The molecule has 1 unspecified atom stereocenters. The van der Waals surface area contributed by atoms with Crippen molar-refractivity contribution < 1.29 is 5.11 Å². The standard InChI is InChI=1S/C20H42O/c1-3-5-6-7-8-9-10-11-12-13-14-15-16-17-18-19-20(21)4-2/h20-21H,3-19H2,1-2H3. The van der Waals surface area contributed by atoms with Gasteiger partial charge in [0.25, 0.3) is 0 Å². The van der Waals surface area contributed by atoms with Gasteiger partial charge in [-0.2, -0.15) is 0 Å². The summed E-state index contributed by atoms with van der Waals surface area (Å²) in [5, 5.41) is 9.46. The zero-order chi connectivity index (χ0) is 15.6. The van der Waals surface area contributed by atoms with Gasteiger partial charge in [-0.05, 0) is 12.8 Å². The molecule has 0 bridgehead atoms. The van der Waals surface area contributed by atoms with Gasteiger partial charge in [-0.1, -0.05) is 110 Å². The average Bonchev–Trinajstić information content (AvgIpc) is 2.50. The average molecular weight is 299 g/mol. The molecular formula is C20H42O. The molecule has 0 aliphatic heterocycles. The van der Waals surface area contributed by atoms with Gasteiger partial charge in [0.05, 0.1) is 6.10 Å². The Labute approximate surface area is 134 Å². The number of rotatable bonds is 17. The van der Waals surface area contributed by atoms with Gasteiger partial charge in [-0.25, -0.2) is 0 Å². The van der Waals surface area contributed by atoms with Gasteiger partial charge < -0.3 is 5.11 Å². The Morgan fingerprint density at radius 1 is 0.524 bits per heavy atom. The minimum absolute atomic E-state index is 0.0491. The summed E-state index contributed by atoms with van der Waals surface area (Å²) in [5.41, 5.74) is 0. The molecule has 128 valence electrons. The number of hydrogen-bond acceptors (Lipinski definition) is 1. The van der Waals surface area contributed by atoms with Crippen LogP contribution in [0.2, 0.25) is 0 Å². The molecule has 0 saturated heterocycles. The molecule has 1 heteroatoms. The smallest absolute Gasteiger partial charge is 0.0537 e. The molecule has 0 aliphatic carbocycles. The lowest BCUT2D eigenvalue weighted by molar-refractivity contribution is 0.156. The van der Waals surface area contributed by atoms with Gasteiger partial charge in [-0.15, -0.1) is 0 Å². The molecule has 0 aromatic heterocycles. The highest BCUT2D eigenvalue weighted by Gasteiger charge is 1.99. The van der Waals surface area contributed by atoms with E-state index in [1.807, 2.05) is 0 Å². The van der Waals surface area contributed by atoms with E-state index in [4.69, 9.17) is 0 Å². The molecular weight excluding hydrogens is 256 g/mol. The van der Waals surface area contributed by atoms with Crippen LogP contribution >= 0.6 is 0 Å². The van der Waals surface area contributed by atoms with Gasteiger partial charge in [0.15, 0.2) is 0 Å². The van der Waals surface area contributed by atoms with Crippen molar-refractivity contribution in [1.82, 2.24) is 0 Å². The first-order valence-electron chi connectivity index (χ1n) is 9.99. The summed E-state index contributed by atoms with van der Waals surface area (Å²) in [6, 6.07) is 0. The number of hydrogen-bond donors (Lipinski definition) is 1. The quantitative estimate of drug-likeness (QED) is 0.286. The van der Waals surface area contributed by atoms with Crippen LogP contribution in [0.1, 0.15) is 123 Å². The Balaban J connectivity index is 2.96. The topological polar surface area (TPSA) is 20.2 Å². The van der Waals surface area contributed by atoms with E-state index in [1.165, 1.54) is 96.3 Å². The minimum atomic E-state index is -0.0491. The van der Waals surface area contributed by atoms with Crippen LogP contribution in [0, 0.1) is 0 Å². The summed E-state index contributed by atoms with van der Waals surface area (Å²) in [6.45, 7) is 4.35. The molecule has 0 saturated carbocycles. The Kier molecular flexibility index (Phi) is 18.0. The molecule has 0 aromatic carbocycles. The molecule has 0 aromatic rings. The van der Waals surface area contributed by atoms with Gasteiger partial charge in [0, 0.05) is 0 Å². The van der Waals surface area contributed by atoms with E-state index in [2.05, 4.69) is 13.8 Å². The Bertz CT molecular complexity index is 179. The third-order valence-corrected chi connectivity index (χ3v) is 4.61. The largest absolute Gasteiger partial charge is 0.393 e. The molecule has 0 radical (unpaired) electrons. The lowest BCUT2D eigenvalue weighted by Gasteiger charge is -2.06. The SMILES string of the molecule is CCCCCCCCCCCCCCCCCC(O)CC. The van der Waals surface area contributed by atoms with Crippen LogP contribution in [0.15, 0.2) is 0 Å². The maximum absolute atomic E-state index is 9.46. The van der Waals surface area contributed by atoms with Gasteiger partial charge >= 0.3 is 0 Å². The highest BCUT2D eigenvalue weighted by atomic mass is 16.3. The second-order valence-electron chi connectivity index (χ2n) is 6.80. The summed E-state index contributed by atoms with van der Waals surface area (Å²) < 4.78 is 0. The fourth-order valence-corrected chi connectivity index (χ4v) is 2.96. The van der Waals surface area contributed by atoms with E-state index in [1.54, 1.807) is 0 Å². The van der Waals surface area contributed by atoms with E-state index in [9.17, 15) is 5.11 Å². The minimum Gasteiger partial charge on any atom is -0.393 e. The van der Waals surface area contributed by atoms with Crippen molar-refractivity contribution in [3.63, 3.8) is 0 Å². The summed E-state index contributed by atoms with van der Waals surface area (Å²) in [6.07, 6.45) is 23.0. The van der Waals surface area contributed by atoms with Crippen molar-refractivity contribution in [2.45, 2.75) is 129 Å². The molecule has 1 atom stereocenters. The van der Waals surface area contributed by atoms with E-state index < -0.39 is 0 Å². The van der Waals surface area contributed by atoms with Gasteiger partial charge in [0.2, 0.25) is 0 Å². The highest BCUT2D eigenvalue weighted by molar-refractivity contribution is 4.53. The summed E-state index contributed by atoms with van der Waals surface area (Å²) in [5.74, 6) is 0. The van der Waals surface area contributed by atoms with Crippen LogP contribution in [-0.2, 0) is 0 Å². The molecule has 1 N–H and O–H groups in total. The number of unbranched alkanes of at least 4 members (excludes halogenated alkanes) is 14. The summed E-state index contributed by atoms with van der Waals surface area (Å²) >= 11 is 0. The van der Waals surface area contributed by atoms with Crippen molar-refractivity contribution in [2.75, 3.05) is 0 Å². The molecule has 0 amide bonds. The molecule has 21 heavy (non-hydrogen) atoms. The van der Waals surface area contributed by atoms with Gasteiger partial charge in [0.1, 0.15) is 0 Å². The van der Waals surface area contributed by atoms with E-state index in [-0.39, 0.29) is 6.10 Å². The van der Waals surface area contributed by atoms with Crippen LogP contribution in [0.3, 0.4) is 0 Å². The predicted molar refractivity (Wildman–Crippen MR) is 95.8 cm³/mol. The van der Waals surface area contributed by atoms with Crippen molar-refractivity contribution in [2.24, 2.45) is 0 Å². The van der Waals surface area contributed by atoms with Crippen LogP contribution < -0.4 is 0 Å². The third-order valence-electron chi connectivity index (χ3n) is 4.61. The zero-order valence-corrected chi connectivity index (χ0v) is 15.0. The maximum Gasteiger partial charge on any atom is 0.0537 e. The lowest BCUT2D eigenvalue weighted by Crippen LogP contribution is -2.03. The first-order valence-corrected chi connectivity index (χ1v) is 9.99. The van der Waals surface area contributed by atoms with Gasteiger partial charge in [-0.3, -0.25) is 0 Å². The monoisotopic (exact) mass is 298 g/mol. The number of aliphatic hydroxyl groups excluding tert-OH is 1. The Morgan fingerprint density at radius 2 is 0.857 bits per heavy atom. The van der Waals surface area contributed by atoms with Crippen LogP contribution in [0.5, 0.6) is 0 Å². The molecule has 0 heterocycles. The van der Waals surface area contributed by atoms with Crippen molar-refractivity contribution in [3.05, 3.63) is 0 Å². The van der Waals surface area contributed by atoms with E-state index in [0.29, 0.717) is 0 Å². The summed E-state index contributed by atoms with van der Waals surface area (Å²) in [4.78, 5) is 0. The van der Waals surface area contributed by atoms with Crippen LogP contribution in [0.4, 0.5) is 0 Å². The second-order valence-corrected chi connectivity index (χ2v) is 6.80. The van der Waals surface area contributed by atoms with E-state index >= 15 is 0 Å². The normalized spacial score (nSPS) is 12.7. The van der Waals surface area contributed by atoms with E-state index in [0.717, 1.165) is 12.8 Å². The Morgan fingerprint density at radius 3 is 1.19 bits per heavy atom. The molecule has 0 aliphatic rings. The van der Waals surface area contributed by atoms with Crippen LogP contribution in [0.25, 0.3) is 0 Å². The van der Waals surface area contributed by atoms with Crippen molar-refractivity contribution >= 4 is 0 Å². The maximum atomic E-state index is 9.46. The first-order chi connectivity index (χ1) is 10.3. The fraction of sp³-hybridized carbons (Fsp3) is 1.00. The number of aliphatic hydroxyl groups is 1. The molecule has 0 rings (SSSR count). The third kappa shape index (κ3) is 17.9. The molecule has 1 nitrogen and oxygen atoms in total. The van der Waals surface area contributed by atoms with Crippen molar-refractivity contribution in [1.29, 1.82) is 0 Å². The summed E-state index contributed by atoms with van der Waals surface area (Å²) in [7, 11) is 0. The Hall–Kier alpha value is -0.0400.